The van der Waals surface area contributed by atoms with Gasteiger partial charge in [-0.25, -0.2) is 0 Å². The van der Waals surface area contributed by atoms with E-state index in [2.05, 4.69) is 18.2 Å². The van der Waals surface area contributed by atoms with Crippen molar-refractivity contribution in [3.8, 4) is 11.5 Å². The van der Waals surface area contributed by atoms with E-state index in [1.165, 1.54) is 24.0 Å². The van der Waals surface area contributed by atoms with Crippen LogP contribution in [-0.2, 0) is 21.7 Å². The molecule has 2 aromatic carbocycles. The van der Waals surface area contributed by atoms with Gasteiger partial charge in [0.05, 0.1) is 19.3 Å². The molecule has 0 amide bonds. The molecule has 3 heterocycles. The lowest BCUT2D eigenvalue weighted by Crippen LogP contribution is -2.59. The summed E-state index contributed by atoms with van der Waals surface area (Å²) in [6, 6.07) is 12.3. The molecule has 170 valence electrons. The van der Waals surface area contributed by atoms with E-state index < -0.39 is 30.2 Å². The van der Waals surface area contributed by atoms with E-state index in [0.717, 1.165) is 29.0 Å². The number of hydrogen-bond acceptors (Lipinski definition) is 7. The van der Waals surface area contributed by atoms with E-state index in [-0.39, 0.29) is 13.0 Å². The summed E-state index contributed by atoms with van der Waals surface area (Å²) < 4.78 is 23.6. The second-order valence-electron chi connectivity index (χ2n) is 9.43. The number of rotatable bonds is 5. The molecule has 0 spiro atoms. The molecule has 2 aromatic rings. The first-order valence-electron chi connectivity index (χ1n) is 11.3. The third kappa shape index (κ3) is 3.23. The van der Waals surface area contributed by atoms with Gasteiger partial charge in [0.2, 0.25) is 0 Å². The van der Waals surface area contributed by atoms with Gasteiger partial charge in [0.25, 0.3) is 0 Å². The molecule has 7 nitrogen and oxygen atoms in total. The third-order valence-corrected chi connectivity index (χ3v) is 7.17. The van der Waals surface area contributed by atoms with Crippen LogP contribution in [0.5, 0.6) is 11.5 Å². The van der Waals surface area contributed by atoms with Crippen LogP contribution in [0.4, 0.5) is 0 Å². The van der Waals surface area contributed by atoms with Gasteiger partial charge in [-0.2, -0.15) is 0 Å². The van der Waals surface area contributed by atoms with Gasteiger partial charge >= 0.3 is 0 Å². The molecule has 4 atom stereocenters. The summed E-state index contributed by atoms with van der Waals surface area (Å²) in [5.74, 6) is 0.939. The van der Waals surface area contributed by atoms with E-state index in [1.807, 2.05) is 18.2 Å². The highest BCUT2D eigenvalue weighted by atomic mass is 16.8. The van der Waals surface area contributed by atoms with Crippen LogP contribution in [0.3, 0.4) is 0 Å². The minimum Gasteiger partial charge on any atom is -0.486 e. The molecule has 4 aliphatic rings. The van der Waals surface area contributed by atoms with Crippen LogP contribution < -0.4 is 9.47 Å². The molecule has 1 aliphatic carbocycles. The highest BCUT2D eigenvalue weighted by Gasteiger charge is 2.62. The summed E-state index contributed by atoms with van der Waals surface area (Å²) in [5, 5.41) is 30.8. The van der Waals surface area contributed by atoms with E-state index in [9.17, 15) is 15.3 Å². The lowest BCUT2D eigenvalue weighted by atomic mass is 9.85. The van der Waals surface area contributed by atoms with Crippen LogP contribution >= 0.6 is 0 Å². The van der Waals surface area contributed by atoms with Crippen LogP contribution in [0.1, 0.15) is 47.4 Å². The summed E-state index contributed by atoms with van der Waals surface area (Å²) in [4.78, 5) is 0. The van der Waals surface area contributed by atoms with E-state index in [1.54, 1.807) is 0 Å². The van der Waals surface area contributed by atoms with Gasteiger partial charge in [0, 0.05) is 12.0 Å². The lowest BCUT2D eigenvalue weighted by Gasteiger charge is -2.43. The predicted molar refractivity (Wildman–Crippen MR) is 114 cm³/mol. The Morgan fingerprint density at radius 3 is 2.56 bits per heavy atom. The number of aliphatic hydroxyl groups excluding tert-OH is 3. The van der Waals surface area contributed by atoms with Crippen molar-refractivity contribution in [3.63, 3.8) is 0 Å². The minimum absolute atomic E-state index is 0.0313. The Bertz CT molecular complexity index is 1030. The molecule has 1 saturated carbocycles. The van der Waals surface area contributed by atoms with Crippen molar-refractivity contribution < 1.29 is 34.3 Å². The maximum atomic E-state index is 10.5. The Labute approximate surface area is 186 Å². The fraction of sp³-hybridized carbons (Fsp3) is 0.520. The van der Waals surface area contributed by atoms with Crippen LogP contribution in [0, 0.1) is 0 Å². The Hall–Kier alpha value is -2.16. The molecule has 3 N–H and O–H groups in total. The van der Waals surface area contributed by atoms with Gasteiger partial charge in [-0.15, -0.1) is 0 Å². The molecule has 0 unspecified atom stereocenters. The highest BCUT2D eigenvalue weighted by Crippen LogP contribution is 2.50. The van der Waals surface area contributed by atoms with Crippen LogP contribution in [-0.4, -0.2) is 59.6 Å². The second kappa shape index (κ2) is 7.43. The van der Waals surface area contributed by atoms with Gasteiger partial charge in [-0.1, -0.05) is 18.2 Å². The smallest absolute Gasteiger partial charge is 0.198 e. The van der Waals surface area contributed by atoms with Gasteiger partial charge < -0.3 is 34.3 Å². The summed E-state index contributed by atoms with van der Waals surface area (Å²) in [6.07, 6.45) is 0.980. The third-order valence-electron chi connectivity index (χ3n) is 7.17. The number of benzene rings is 2. The zero-order chi connectivity index (χ0) is 21.9. The van der Waals surface area contributed by atoms with Gasteiger partial charge in [0.1, 0.15) is 24.9 Å². The average Bonchev–Trinajstić information content (AvgIpc) is 3.60. The molecule has 3 aliphatic heterocycles. The average molecular weight is 440 g/mol. The maximum Gasteiger partial charge on any atom is 0.198 e. The molecule has 32 heavy (non-hydrogen) atoms. The fourth-order valence-electron chi connectivity index (χ4n) is 5.25. The summed E-state index contributed by atoms with van der Waals surface area (Å²) in [5.41, 5.74) is 3.13. The molecule has 3 fully saturated rings. The Kier molecular flexibility index (Phi) is 4.75. The van der Waals surface area contributed by atoms with Crippen LogP contribution in [0.2, 0.25) is 0 Å². The van der Waals surface area contributed by atoms with Crippen molar-refractivity contribution in [1.29, 1.82) is 0 Å². The Morgan fingerprint density at radius 1 is 0.969 bits per heavy atom. The first kappa shape index (κ1) is 20.4. The van der Waals surface area contributed by atoms with Crippen molar-refractivity contribution >= 4 is 0 Å². The van der Waals surface area contributed by atoms with Gasteiger partial charge in [-0.05, 0) is 60.1 Å². The Balaban J connectivity index is 1.36. The molecule has 0 aromatic heterocycles. The van der Waals surface area contributed by atoms with E-state index >= 15 is 0 Å². The van der Waals surface area contributed by atoms with Crippen molar-refractivity contribution in [1.82, 2.24) is 0 Å². The summed E-state index contributed by atoms with van der Waals surface area (Å²) in [7, 11) is 0. The molecule has 2 bridgehead atoms. The van der Waals surface area contributed by atoms with Crippen molar-refractivity contribution in [2.24, 2.45) is 0 Å². The molecular formula is C25H28O7. The highest BCUT2D eigenvalue weighted by molar-refractivity contribution is 5.47. The number of hydrogen-bond donors (Lipinski definition) is 3. The molecule has 2 saturated heterocycles. The zero-order valence-electron chi connectivity index (χ0n) is 17.8. The summed E-state index contributed by atoms with van der Waals surface area (Å²) >= 11 is 0. The molecule has 0 radical (unpaired) electrons. The monoisotopic (exact) mass is 440 g/mol. The van der Waals surface area contributed by atoms with Crippen LogP contribution in [0.15, 0.2) is 36.4 Å². The van der Waals surface area contributed by atoms with Crippen molar-refractivity contribution in [2.75, 3.05) is 26.4 Å². The van der Waals surface area contributed by atoms with Crippen LogP contribution in [0.25, 0.3) is 0 Å². The lowest BCUT2D eigenvalue weighted by molar-refractivity contribution is -0.281. The molecule has 7 heteroatoms. The van der Waals surface area contributed by atoms with Gasteiger partial charge in [0.15, 0.2) is 17.3 Å². The minimum atomic E-state index is -1.30. The number of ether oxygens (including phenoxy) is 4. The molecular weight excluding hydrogens is 412 g/mol. The SMILES string of the molecule is OC[C@]12CO[C@](c3ccc(C4CC4)c(Cc4ccc5c(c4)OCCO5)c3)(C[C@@H](O)[C@@H]1O)O2. The van der Waals surface area contributed by atoms with E-state index in [4.69, 9.17) is 18.9 Å². The predicted octanol–water partition coefficient (Wildman–Crippen LogP) is 1.98. The van der Waals surface area contributed by atoms with E-state index in [0.29, 0.717) is 19.1 Å². The Morgan fingerprint density at radius 2 is 1.78 bits per heavy atom. The number of fused-ring (bicyclic) bond motifs is 3. The first-order chi connectivity index (χ1) is 15.5. The summed E-state index contributed by atoms with van der Waals surface area (Å²) in [6.45, 7) is 0.732. The quantitative estimate of drug-likeness (QED) is 0.654. The maximum absolute atomic E-state index is 10.5. The van der Waals surface area contributed by atoms with Crippen molar-refractivity contribution in [3.05, 3.63) is 58.7 Å². The largest absolute Gasteiger partial charge is 0.486 e. The zero-order valence-corrected chi connectivity index (χ0v) is 17.8. The second-order valence-corrected chi connectivity index (χ2v) is 9.43. The van der Waals surface area contributed by atoms with Gasteiger partial charge in [-0.3, -0.25) is 0 Å². The number of aliphatic hydroxyl groups is 3. The first-order valence-corrected chi connectivity index (χ1v) is 11.3. The molecule has 6 rings (SSSR count). The van der Waals surface area contributed by atoms with Crippen molar-refractivity contribution in [2.45, 2.75) is 55.2 Å². The standard InChI is InChI=1S/C25H28O7/c26-13-24-14-31-25(32-24,12-20(27)23(24)28)18-4-5-19(16-2-3-16)17(11-18)9-15-1-6-21-22(10-15)30-8-7-29-21/h1,4-6,10-11,16,20,23,26-28H,2-3,7-9,12-14H2/t20-,23+,24+,25-/m1/s1. The normalized spacial score (nSPS) is 33.3. The topological polar surface area (TPSA) is 97.6 Å². The fourth-order valence-corrected chi connectivity index (χ4v) is 5.25.